The van der Waals surface area contributed by atoms with Gasteiger partial charge in [-0.2, -0.15) is 0 Å². The first-order valence-corrected chi connectivity index (χ1v) is 4.69. The lowest BCUT2D eigenvalue weighted by atomic mass is 9.75. The summed E-state index contributed by atoms with van der Waals surface area (Å²) in [6.07, 6.45) is 9.74. The first-order chi connectivity index (χ1) is 5.33. The standard InChI is InChI=1S/C10H19N/c1-3-5-9-11-10(4-2)7-6-8-10/h3,5,11H,4,6-9H2,1-2H3/b5-3+. The highest BCUT2D eigenvalue weighted by Gasteiger charge is 2.33. The molecule has 1 aliphatic carbocycles. The molecule has 0 spiro atoms. The second-order valence-corrected chi connectivity index (χ2v) is 3.44. The highest BCUT2D eigenvalue weighted by molar-refractivity contribution is 4.96. The van der Waals surface area contributed by atoms with E-state index in [1.807, 2.05) is 0 Å². The Labute approximate surface area is 69.9 Å². The molecular formula is C10H19N. The number of rotatable bonds is 4. The zero-order valence-corrected chi connectivity index (χ0v) is 7.69. The lowest BCUT2D eigenvalue weighted by molar-refractivity contribution is 0.184. The maximum atomic E-state index is 3.60. The molecule has 0 aromatic rings. The predicted octanol–water partition coefficient (Wildman–Crippen LogP) is 2.48. The number of hydrogen-bond donors (Lipinski definition) is 1. The van der Waals surface area contributed by atoms with E-state index in [1.54, 1.807) is 0 Å². The normalized spacial score (nSPS) is 22.0. The largest absolute Gasteiger partial charge is 0.308 e. The highest BCUT2D eigenvalue weighted by atomic mass is 15.0. The molecule has 1 aliphatic rings. The average molecular weight is 153 g/mol. The van der Waals surface area contributed by atoms with Gasteiger partial charge in [0.05, 0.1) is 0 Å². The summed E-state index contributed by atoms with van der Waals surface area (Å²) >= 11 is 0. The summed E-state index contributed by atoms with van der Waals surface area (Å²) in [5, 5.41) is 3.60. The lowest BCUT2D eigenvalue weighted by Crippen LogP contribution is -2.50. The van der Waals surface area contributed by atoms with Crippen LogP contribution in [-0.4, -0.2) is 12.1 Å². The fraction of sp³-hybridized carbons (Fsp3) is 0.800. The first kappa shape index (κ1) is 8.79. The van der Waals surface area contributed by atoms with E-state index in [9.17, 15) is 0 Å². The zero-order valence-electron chi connectivity index (χ0n) is 7.69. The van der Waals surface area contributed by atoms with Crippen LogP contribution in [0.15, 0.2) is 12.2 Å². The highest BCUT2D eigenvalue weighted by Crippen LogP contribution is 2.34. The van der Waals surface area contributed by atoms with E-state index in [0.717, 1.165) is 6.54 Å². The van der Waals surface area contributed by atoms with Crippen LogP contribution in [0.4, 0.5) is 0 Å². The van der Waals surface area contributed by atoms with Crippen molar-refractivity contribution in [1.82, 2.24) is 5.32 Å². The van der Waals surface area contributed by atoms with Gasteiger partial charge in [-0.1, -0.05) is 19.1 Å². The smallest absolute Gasteiger partial charge is 0.0181 e. The van der Waals surface area contributed by atoms with Gasteiger partial charge in [0.15, 0.2) is 0 Å². The Morgan fingerprint density at radius 1 is 1.45 bits per heavy atom. The van der Waals surface area contributed by atoms with E-state index in [0.29, 0.717) is 5.54 Å². The molecule has 64 valence electrons. The van der Waals surface area contributed by atoms with Crippen molar-refractivity contribution in [1.29, 1.82) is 0 Å². The third kappa shape index (κ3) is 2.06. The molecule has 0 amide bonds. The Bertz CT molecular complexity index is 128. The van der Waals surface area contributed by atoms with Gasteiger partial charge in [-0.3, -0.25) is 0 Å². The van der Waals surface area contributed by atoms with E-state index in [-0.39, 0.29) is 0 Å². The molecule has 0 atom stereocenters. The van der Waals surface area contributed by atoms with Crippen molar-refractivity contribution in [3.63, 3.8) is 0 Å². The molecule has 1 rings (SSSR count). The van der Waals surface area contributed by atoms with Gasteiger partial charge in [0.2, 0.25) is 0 Å². The van der Waals surface area contributed by atoms with Crippen LogP contribution in [0, 0.1) is 0 Å². The Morgan fingerprint density at radius 2 is 2.18 bits per heavy atom. The van der Waals surface area contributed by atoms with Crippen LogP contribution in [0.1, 0.15) is 39.5 Å². The molecule has 1 fully saturated rings. The molecule has 1 nitrogen and oxygen atoms in total. The molecule has 1 N–H and O–H groups in total. The van der Waals surface area contributed by atoms with Crippen LogP contribution in [-0.2, 0) is 0 Å². The molecular weight excluding hydrogens is 134 g/mol. The van der Waals surface area contributed by atoms with E-state index in [4.69, 9.17) is 0 Å². The molecule has 0 radical (unpaired) electrons. The Morgan fingerprint density at radius 3 is 2.55 bits per heavy atom. The van der Waals surface area contributed by atoms with E-state index in [1.165, 1.54) is 25.7 Å². The summed E-state index contributed by atoms with van der Waals surface area (Å²) < 4.78 is 0. The minimum atomic E-state index is 0.513. The number of allylic oxidation sites excluding steroid dienone is 1. The molecule has 0 bridgehead atoms. The lowest BCUT2D eigenvalue weighted by Gasteiger charge is -2.42. The summed E-state index contributed by atoms with van der Waals surface area (Å²) in [7, 11) is 0. The minimum Gasteiger partial charge on any atom is -0.308 e. The minimum absolute atomic E-state index is 0.513. The maximum Gasteiger partial charge on any atom is 0.0181 e. The van der Waals surface area contributed by atoms with Crippen LogP contribution in [0.3, 0.4) is 0 Å². The molecule has 11 heavy (non-hydrogen) atoms. The van der Waals surface area contributed by atoms with Gasteiger partial charge in [-0.15, -0.1) is 0 Å². The fourth-order valence-corrected chi connectivity index (χ4v) is 1.65. The van der Waals surface area contributed by atoms with Gasteiger partial charge in [0.1, 0.15) is 0 Å². The Balaban J connectivity index is 2.21. The van der Waals surface area contributed by atoms with Crippen LogP contribution in [0.2, 0.25) is 0 Å². The summed E-state index contributed by atoms with van der Waals surface area (Å²) in [6.45, 7) is 5.40. The third-order valence-electron chi connectivity index (χ3n) is 2.82. The van der Waals surface area contributed by atoms with Gasteiger partial charge in [0, 0.05) is 12.1 Å². The molecule has 0 aliphatic heterocycles. The van der Waals surface area contributed by atoms with E-state index >= 15 is 0 Å². The third-order valence-corrected chi connectivity index (χ3v) is 2.82. The molecule has 0 heterocycles. The quantitative estimate of drug-likeness (QED) is 0.612. The van der Waals surface area contributed by atoms with Crippen molar-refractivity contribution < 1.29 is 0 Å². The molecule has 1 heteroatoms. The summed E-state index contributed by atoms with van der Waals surface area (Å²) in [6, 6.07) is 0. The number of hydrogen-bond acceptors (Lipinski definition) is 1. The van der Waals surface area contributed by atoms with Crippen LogP contribution in [0.25, 0.3) is 0 Å². The monoisotopic (exact) mass is 153 g/mol. The van der Waals surface area contributed by atoms with Gasteiger partial charge < -0.3 is 5.32 Å². The molecule has 1 saturated carbocycles. The number of nitrogens with one attached hydrogen (secondary N) is 1. The van der Waals surface area contributed by atoms with Crippen molar-refractivity contribution in [2.45, 2.75) is 45.1 Å². The molecule has 0 aromatic carbocycles. The van der Waals surface area contributed by atoms with Crippen molar-refractivity contribution >= 4 is 0 Å². The van der Waals surface area contributed by atoms with Crippen LogP contribution >= 0.6 is 0 Å². The predicted molar refractivity (Wildman–Crippen MR) is 49.7 cm³/mol. The summed E-state index contributed by atoms with van der Waals surface area (Å²) in [5.41, 5.74) is 0.513. The van der Waals surface area contributed by atoms with Crippen molar-refractivity contribution in [3.05, 3.63) is 12.2 Å². The fourth-order valence-electron chi connectivity index (χ4n) is 1.65. The zero-order chi connectivity index (χ0) is 8.16. The first-order valence-electron chi connectivity index (χ1n) is 4.69. The summed E-state index contributed by atoms with van der Waals surface area (Å²) in [5.74, 6) is 0. The molecule has 0 saturated heterocycles. The van der Waals surface area contributed by atoms with E-state index in [2.05, 4.69) is 31.3 Å². The second-order valence-electron chi connectivity index (χ2n) is 3.44. The van der Waals surface area contributed by atoms with Gasteiger partial charge in [0.25, 0.3) is 0 Å². The topological polar surface area (TPSA) is 12.0 Å². The second kappa shape index (κ2) is 3.91. The van der Waals surface area contributed by atoms with Crippen molar-refractivity contribution in [2.75, 3.05) is 6.54 Å². The SMILES string of the molecule is C/C=C/CNC1(CC)CCC1. The van der Waals surface area contributed by atoms with Gasteiger partial charge in [-0.25, -0.2) is 0 Å². The van der Waals surface area contributed by atoms with E-state index < -0.39 is 0 Å². The van der Waals surface area contributed by atoms with Crippen molar-refractivity contribution in [3.8, 4) is 0 Å². The van der Waals surface area contributed by atoms with Gasteiger partial charge >= 0.3 is 0 Å². The van der Waals surface area contributed by atoms with Crippen molar-refractivity contribution in [2.24, 2.45) is 0 Å². The van der Waals surface area contributed by atoms with Crippen LogP contribution < -0.4 is 5.32 Å². The maximum absolute atomic E-state index is 3.60. The molecule has 0 aromatic heterocycles. The van der Waals surface area contributed by atoms with Crippen LogP contribution in [0.5, 0.6) is 0 Å². The Kier molecular flexibility index (Phi) is 3.13. The summed E-state index contributed by atoms with van der Waals surface area (Å²) in [4.78, 5) is 0. The van der Waals surface area contributed by atoms with Gasteiger partial charge in [-0.05, 0) is 32.6 Å². The average Bonchev–Trinajstić information content (AvgIpc) is 1.95. The Hall–Kier alpha value is -0.300. The molecule has 0 unspecified atom stereocenters.